The minimum atomic E-state index is -1.06. The highest BCUT2D eigenvalue weighted by atomic mass is 35.5. The zero-order valence-corrected chi connectivity index (χ0v) is 17.8. The molecule has 0 aromatic heterocycles. The summed E-state index contributed by atoms with van der Waals surface area (Å²) in [7, 11) is 0. The number of carbonyl (C=O) groups is 3. The molecular formula is C24H22ClNO5. The summed E-state index contributed by atoms with van der Waals surface area (Å²) in [4.78, 5) is 39.3. The Morgan fingerprint density at radius 2 is 1.81 bits per heavy atom. The number of carboxylic acid groups (broad SMARTS) is 1. The van der Waals surface area contributed by atoms with Crippen LogP contribution in [0.1, 0.15) is 43.4 Å². The molecule has 2 aliphatic rings. The molecule has 1 aliphatic heterocycles. The molecule has 1 aliphatic carbocycles. The Morgan fingerprint density at radius 3 is 2.45 bits per heavy atom. The minimum Gasteiger partial charge on any atom is -0.478 e. The number of ether oxygens (including phenoxy) is 1. The maximum absolute atomic E-state index is 13.6. The predicted octanol–water partition coefficient (Wildman–Crippen LogP) is 5.09. The first-order chi connectivity index (χ1) is 14.8. The van der Waals surface area contributed by atoms with E-state index >= 15 is 0 Å². The number of benzene rings is 2. The van der Waals surface area contributed by atoms with Crippen LogP contribution in [0.5, 0.6) is 0 Å². The summed E-state index contributed by atoms with van der Waals surface area (Å²) in [5.74, 6) is -1.47. The normalized spacial score (nSPS) is 23.6. The molecule has 1 heterocycles. The number of allylic oxidation sites excluding steroid dienone is 1. The van der Waals surface area contributed by atoms with Gasteiger partial charge in [-0.3, -0.25) is 4.79 Å². The van der Waals surface area contributed by atoms with Crippen LogP contribution in [0.25, 0.3) is 5.57 Å². The van der Waals surface area contributed by atoms with Gasteiger partial charge in [-0.1, -0.05) is 61.0 Å². The van der Waals surface area contributed by atoms with Crippen molar-refractivity contribution in [2.75, 3.05) is 6.61 Å². The van der Waals surface area contributed by atoms with Gasteiger partial charge in [0.1, 0.15) is 12.6 Å². The third kappa shape index (κ3) is 3.95. The Kier molecular flexibility index (Phi) is 5.58. The molecule has 0 radical (unpaired) electrons. The highest BCUT2D eigenvalue weighted by Gasteiger charge is 2.48. The molecule has 0 saturated carbocycles. The first-order valence-corrected chi connectivity index (χ1v) is 10.4. The first-order valence-electron chi connectivity index (χ1n) is 10.1. The number of carboxylic acids is 1. The van der Waals surface area contributed by atoms with Crippen LogP contribution in [0.4, 0.5) is 4.79 Å². The van der Waals surface area contributed by atoms with Crippen molar-refractivity contribution in [2.45, 2.75) is 32.2 Å². The zero-order chi connectivity index (χ0) is 22.2. The van der Waals surface area contributed by atoms with E-state index in [2.05, 4.69) is 0 Å². The Hall–Kier alpha value is -3.12. The average Bonchev–Trinajstić information content (AvgIpc) is 3.15. The van der Waals surface area contributed by atoms with Gasteiger partial charge in [-0.05, 0) is 48.1 Å². The minimum absolute atomic E-state index is 0.0322. The second-order valence-electron chi connectivity index (χ2n) is 8.19. The number of hydrogen-bond donors (Lipinski definition) is 1. The molecule has 6 nitrogen and oxygen atoms in total. The van der Waals surface area contributed by atoms with Crippen molar-refractivity contribution in [3.63, 3.8) is 0 Å². The van der Waals surface area contributed by atoms with Gasteiger partial charge in [0.25, 0.3) is 0 Å². The summed E-state index contributed by atoms with van der Waals surface area (Å²) < 4.78 is 5.19. The third-order valence-electron chi connectivity index (χ3n) is 6.10. The van der Waals surface area contributed by atoms with E-state index in [9.17, 15) is 19.5 Å². The Morgan fingerprint density at radius 1 is 1.13 bits per heavy atom. The number of amides is 2. The summed E-state index contributed by atoms with van der Waals surface area (Å²) in [6, 6.07) is 15.7. The van der Waals surface area contributed by atoms with Crippen LogP contribution in [0, 0.1) is 5.41 Å². The van der Waals surface area contributed by atoms with Crippen LogP contribution < -0.4 is 0 Å². The first kappa shape index (κ1) is 21.1. The average molecular weight is 440 g/mol. The van der Waals surface area contributed by atoms with Crippen molar-refractivity contribution >= 4 is 35.1 Å². The van der Waals surface area contributed by atoms with Gasteiger partial charge in [0, 0.05) is 10.6 Å². The third-order valence-corrected chi connectivity index (χ3v) is 6.35. The van der Waals surface area contributed by atoms with Crippen molar-refractivity contribution in [1.29, 1.82) is 0 Å². The SMILES string of the molecule is C[C@]1(C(=O)N2C(=O)OC[C@H]2c2ccccc2)CCC(c2ccc(Cl)cc2)=C(C(=O)O)C1. The molecule has 7 heteroatoms. The molecule has 2 aromatic rings. The molecule has 0 bridgehead atoms. The predicted molar refractivity (Wildman–Crippen MR) is 115 cm³/mol. The number of aliphatic carboxylic acids is 1. The molecule has 160 valence electrons. The standard InChI is InChI=1S/C24H22ClNO5/c1-24(22(29)26-20(14-31-23(26)30)16-5-3-2-4-6-16)12-11-18(19(13-24)21(27)28)15-7-9-17(25)10-8-15/h2-10,20H,11-14H2,1H3,(H,27,28)/t20-,24-/m0/s1. The van der Waals surface area contributed by atoms with Crippen LogP contribution in [0.15, 0.2) is 60.2 Å². The Labute approximate surface area is 185 Å². The molecule has 1 N–H and O–H groups in total. The second kappa shape index (κ2) is 8.19. The van der Waals surface area contributed by atoms with Crippen LogP contribution >= 0.6 is 11.6 Å². The van der Waals surface area contributed by atoms with Gasteiger partial charge in [0.2, 0.25) is 5.91 Å². The fourth-order valence-electron chi connectivity index (χ4n) is 4.35. The van der Waals surface area contributed by atoms with Gasteiger partial charge in [-0.15, -0.1) is 0 Å². The van der Waals surface area contributed by atoms with Gasteiger partial charge in [0.15, 0.2) is 0 Å². The highest BCUT2D eigenvalue weighted by Crippen LogP contribution is 2.46. The number of nitrogens with zero attached hydrogens (tertiary/aromatic N) is 1. The van der Waals surface area contributed by atoms with Crippen molar-refractivity contribution in [2.24, 2.45) is 5.41 Å². The van der Waals surface area contributed by atoms with Gasteiger partial charge in [0.05, 0.1) is 5.41 Å². The summed E-state index contributed by atoms with van der Waals surface area (Å²) in [5.41, 5.74) is 1.43. The quantitative estimate of drug-likeness (QED) is 0.717. The summed E-state index contributed by atoms with van der Waals surface area (Å²) in [6.07, 6.45) is 0.171. The van der Waals surface area contributed by atoms with Crippen molar-refractivity contribution < 1.29 is 24.2 Å². The van der Waals surface area contributed by atoms with E-state index in [0.717, 1.165) is 16.0 Å². The van der Waals surface area contributed by atoms with Gasteiger partial charge in [-0.25, -0.2) is 14.5 Å². The van der Waals surface area contributed by atoms with Gasteiger partial charge < -0.3 is 9.84 Å². The molecule has 0 spiro atoms. The van der Waals surface area contributed by atoms with E-state index < -0.39 is 29.4 Å². The van der Waals surface area contributed by atoms with Crippen molar-refractivity contribution in [1.82, 2.24) is 4.90 Å². The monoisotopic (exact) mass is 439 g/mol. The second-order valence-corrected chi connectivity index (χ2v) is 8.62. The largest absolute Gasteiger partial charge is 0.478 e. The van der Waals surface area contributed by atoms with Crippen molar-refractivity contribution in [3.8, 4) is 0 Å². The molecule has 31 heavy (non-hydrogen) atoms. The zero-order valence-electron chi connectivity index (χ0n) is 17.0. The fourth-order valence-corrected chi connectivity index (χ4v) is 4.48. The van der Waals surface area contributed by atoms with Crippen LogP contribution in [0.2, 0.25) is 5.02 Å². The smallest absolute Gasteiger partial charge is 0.417 e. The molecule has 4 rings (SSSR count). The number of halogens is 1. The molecular weight excluding hydrogens is 418 g/mol. The topological polar surface area (TPSA) is 83.9 Å². The molecule has 2 aromatic carbocycles. The lowest BCUT2D eigenvalue weighted by atomic mass is 9.70. The molecule has 1 fully saturated rings. The number of carbonyl (C=O) groups excluding carboxylic acids is 2. The van der Waals surface area contributed by atoms with E-state index in [1.165, 1.54) is 0 Å². The van der Waals surface area contributed by atoms with Gasteiger partial charge in [-0.2, -0.15) is 0 Å². The summed E-state index contributed by atoms with van der Waals surface area (Å²) in [6.45, 7) is 1.81. The molecule has 1 saturated heterocycles. The lowest BCUT2D eigenvalue weighted by molar-refractivity contribution is -0.140. The molecule has 2 amide bonds. The highest BCUT2D eigenvalue weighted by molar-refractivity contribution is 6.30. The molecule has 0 unspecified atom stereocenters. The van der Waals surface area contributed by atoms with E-state index in [0.29, 0.717) is 23.4 Å². The van der Waals surface area contributed by atoms with E-state index in [1.54, 1.807) is 31.2 Å². The fraction of sp³-hybridized carbons (Fsp3) is 0.292. The van der Waals surface area contributed by atoms with Crippen LogP contribution in [-0.2, 0) is 14.3 Å². The number of rotatable bonds is 4. The summed E-state index contributed by atoms with van der Waals surface area (Å²) in [5, 5.41) is 10.5. The lowest BCUT2D eigenvalue weighted by Crippen LogP contribution is -2.45. The number of imide groups is 1. The number of hydrogen-bond acceptors (Lipinski definition) is 4. The maximum Gasteiger partial charge on any atom is 0.417 e. The van der Waals surface area contributed by atoms with E-state index in [-0.39, 0.29) is 18.6 Å². The summed E-state index contributed by atoms with van der Waals surface area (Å²) >= 11 is 5.96. The molecule has 2 atom stereocenters. The van der Waals surface area contributed by atoms with E-state index in [1.807, 2.05) is 30.3 Å². The van der Waals surface area contributed by atoms with E-state index in [4.69, 9.17) is 16.3 Å². The Balaban J connectivity index is 1.66. The number of cyclic esters (lactones) is 1. The lowest BCUT2D eigenvalue weighted by Gasteiger charge is -2.37. The van der Waals surface area contributed by atoms with Crippen molar-refractivity contribution in [3.05, 3.63) is 76.3 Å². The van der Waals surface area contributed by atoms with Gasteiger partial charge >= 0.3 is 12.1 Å². The Bertz CT molecular complexity index is 1060. The maximum atomic E-state index is 13.6. The van der Waals surface area contributed by atoms with Crippen LogP contribution in [-0.4, -0.2) is 34.6 Å². The van der Waals surface area contributed by atoms with Crippen LogP contribution in [0.3, 0.4) is 0 Å².